The van der Waals surface area contributed by atoms with E-state index in [0.29, 0.717) is 27.6 Å². The van der Waals surface area contributed by atoms with Gasteiger partial charge in [0.2, 0.25) is 0 Å². The molecule has 5 nitrogen and oxygen atoms in total. The quantitative estimate of drug-likeness (QED) is 0.388. The molecule has 0 aliphatic carbocycles. The number of hydrogen-bond acceptors (Lipinski definition) is 7. The Labute approximate surface area is 178 Å². The molecule has 0 unspecified atom stereocenters. The Hall–Kier alpha value is -2.43. The van der Waals surface area contributed by atoms with Crippen LogP contribution in [0.15, 0.2) is 41.8 Å². The SMILES string of the molecule is COCc1cc2c(F)c(F)cc(-c3ccc(OCc4nc(C(O)O)cs4)cc3)c2s1. The highest BCUT2D eigenvalue weighted by Gasteiger charge is 2.17. The molecular formula is C21H17F2NO4S2. The van der Waals surface area contributed by atoms with Crippen LogP contribution in [0.1, 0.15) is 21.9 Å². The van der Waals surface area contributed by atoms with Gasteiger partial charge in [-0.1, -0.05) is 12.1 Å². The lowest BCUT2D eigenvalue weighted by Gasteiger charge is -2.08. The molecule has 0 atom stereocenters. The first kappa shape index (κ1) is 20.8. The minimum absolute atomic E-state index is 0.178. The summed E-state index contributed by atoms with van der Waals surface area (Å²) >= 11 is 2.64. The maximum atomic E-state index is 14.3. The van der Waals surface area contributed by atoms with Crippen LogP contribution < -0.4 is 4.74 Å². The number of rotatable bonds is 7. The maximum Gasteiger partial charge on any atom is 0.196 e. The number of aliphatic hydroxyl groups is 2. The van der Waals surface area contributed by atoms with Gasteiger partial charge in [-0.05, 0) is 29.8 Å². The summed E-state index contributed by atoms with van der Waals surface area (Å²) in [5.74, 6) is -1.18. The topological polar surface area (TPSA) is 71.8 Å². The van der Waals surface area contributed by atoms with Crippen LogP contribution in [0, 0.1) is 11.6 Å². The summed E-state index contributed by atoms with van der Waals surface area (Å²) in [6, 6.07) is 9.86. The third-order valence-electron chi connectivity index (χ3n) is 4.39. The first-order valence-corrected chi connectivity index (χ1v) is 10.6. The van der Waals surface area contributed by atoms with Crippen LogP contribution in [0.4, 0.5) is 8.78 Å². The summed E-state index contributed by atoms with van der Waals surface area (Å²) < 4.78 is 39.9. The number of benzene rings is 2. The number of aromatic nitrogens is 1. The molecular weight excluding hydrogens is 432 g/mol. The summed E-state index contributed by atoms with van der Waals surface area (Å²) in [5.41, 5.74) is 1.52. The molecule has 0 fully saturated rings. The van der Waals surface area contributed by atoms with E-state index in [0.717, 1.165) is 10.4 Å². The normalized spacial score (nSPS) is 11.5. The minimum atomic E-state index is -1.61. The van der Waals surface area contributed by atoms with Gasteiger partial charge in [0.25, 0.3) is 0 Å². The Morgan fingerprint density at radius 2 is 1.87 bits per heavy atom. The summed E-state index contributed by atoms with van der Waals surface area (Å²) in [7, 11) is 1.55. The largest absolute Gasteiger partial charge is 0.486 e. The van der Waals surface area contributed by atoms with Crippen molar-refractivity contribution in [3.05, 3.63) is 69.0 Å². The number of hydrogen-bond donors (Lipinski definition) is 2. The highest BCUT2D eigenvalue weighted by molar-refractivity contribution is 7.19. The van der Waals surface area contributed by atoms with Crippen molar-refractivity contribution in [1.82, 2.24) is 4.98 Å². The van der Waals surface area contributed by atoms with E-state index in [2.05, 4.69) is 4.98 Å². The number of methoxy groups -OCH3 is 1. The smallest absolute Gasteiger partial charge is 0.196 e. The van der Waals surface area contributed by atoms with Gasteiger partial charge >= 0.3 is 0 Å². The highest BCUT2D eigenvalue weighted by Crippen LogP contribution is 2.38. The molecule has 0 aliphatic rings. The fourth-order valence-electron chi connectivity index (χ4n) is 3.00. The van der Waals surface area contributed by atoms with E-state index in [1.54, 1.807) is 42.8 Å². The van der Waals surface area contributed by atoms with E-state index in [1.807, 2.05) is 0 Å². The fraction of sp³-hybridized carbons (Fsp3) is 0.190. The van der Waals surface area contributed by atoms with Gasteiger partial charge in [-0.25, -0.2) is 13.8 Å². The predicted octanol–water partition coefficient (Wildman–Crippen LogP) is 5.01. The molecule has 30 heavy (non-hydrogen) atoms. The number of thiazole rings is 1. The zero-order valence-electron chi connectivity index (χ0n) is 15.8. The zero-order valence-corrected chi connectivity index (χ0v) is 17.4. The molecule has 2 aromatic carbocycles. The number of ether oxygens (including phenoxy) is 2. The first-order chi connectivity index (χ1) is 14.5. The number of thiophene rings is 1. The molecule has 4 aromatic rings. The Bertz CT molecular complexity index is 1170. The van der Waals surface area contributed by atoms with E-state index < -0.39 is 17.9 Å². The standard InChI is InChI=1S/C21H17F2NO4S2/c1-27-8-13-6-15-19(23)16(22)7-14(20(15)30-13)11-2-4-12(5-3-11)28-9-18-24-17(10-29-18)21(25)26/h2-7,10,21,25-26H,8-9H2,1H3. The van der Waals surface area contributed by atoms with Gasteiger partial charge in [-0.15, -0.1) is 22.7 Å². The van der Waals surface area contributed by atoms with E-state index in [1.165, 1.54) is 28.7 Å². The van der Waals surface area contributed by atoms with Crippen LogP contribution in [0.5, 0.6) is 5.75 Å². The molecule has 0 saturated carbocycles. The maximum absolute atomic E-state index is 14.3. The van der Waals surface area contributed by atoms with Crippen molar-refractivity contribution < 1.29 is 28.5 Å². The monoisotopic (exact) mass is 449 g/mol. The molecule has 0 radical (unpaired) electrons. The molecule has 2 heterocycles. The molecule has 0 spiro atoms. The van der Waals surface area contributed by atoms with Crippen molar-refractivity contribution in [2.45, 2.75) is 19.5 Å². The summed E-state index contributed by atoms with van der Waals surface area (Å²) in [5, 5.41) is 20.6. The van der Waals surface area contributed by atoms with Crippen LogP contribution in [-0.2, 0) is 18.0 Å². The number of fused-ring (bicyclic) bond motifs is 1. The van der Waals surface area contributed by atoms with Gasteiger partial charge in [0.15, 0.2) is 17.9 Å². The Morgan fingerprint density at radius 3 is 2.53 bits per heavy atom. The molecule has 9 heteroatoms. The molecule has 0 amide bonds. The van der Waals surface area contributed by atoms with Crippen LogP contribution in [-0.4, -0.2) is 22.3 Å². The van der Waals surface area contributed by atoms with Crippen LogP contribution >= 0.6 is 22.7 Å². The lowest BCUT2D eigenvalue weighted by molar-refractivity contribution is -0.0455. The minimum Gasteiger partial charge on any atom is -0.486 e. The third kappa shape index (κ3) is 4.21. The van der Waals surface area contributed by atoms with Crippen molar-refractivity contribution in [1.29, 1.82) is 0 Å². The molecule has 0 bridgehead atoms. The van der Waals surface area contributed by atoms with E-state index in [-0.39, 0.29) is 17.7 Å². The van der Waals surface area contributed by atoms with Gasteiger partial charge in [0, 0.05) is 33.0 Å². The number of aliphatic hydroxyl groups excluding tert-OH is 1. The van der Waals surface area contributed by atoms with Crippen LogP contribution in [0.3, 0.4) is 0 Å². The van der Waals surface area contributed by atoms with Crippen molar-refractivity contribution in [3.63, 3.8) is 0 Å². The average molecular weight is 450 g/mol. The average Bonchev–Trinajstić information content (AvgIpc) is 3.37. The molecule has 156 valence electrons. The predicted molar refractivity (Wildman–Crippen MR) is 112 cm³/mol. The molecule has 0 saturated heterocycles. The molecule has 0 aliphatic heterocycles. The lowest BCUT2D eigenvalue weighted by Crippen LogP contribution is -1.98. The zero-order chi connectivity index (χ0) is 21.3. The highest BCUT2D eigenvalue weighted by atomic mass is 32.1. The summed E-state index contributed by atoms with van der Waals surface area (Å²) in [4.78, 5) is 4.88. The molecule has 2 aromatic heterocycles. The first-order valence-electron chi connectivity index (χ1n) is 8.89. The second-order valence-corrected chi connectivity index (χ2v) is 8.54. The lowest BCUT2D eigenvalue weighted by atomic mass is 10.0. The van der Waals surface area contributed by atoms with E-state index >= 15 is 0 Å². The molecule has 2 N–H and O–H groups in total. The van der Waals surface area contributed by atoms with Crippen molar-refractivity contribution >= 4 is 32.8 Å². The van der Waals surface area contributed by atoms with Gasteiger partial charge in [0.05, 0.1) is 6.61 Å². The van der Waals surface area contributed by atoms with E-state index in [9.17, 15) is 8.78 Å². The number of nitrogens with zero attached hydrogens (tertiary/aromatic N) is 1. The Kier molecular flexibility index (Phi) is 6.07. The Morgan fingerprint density at radius 1 is 1.10 bits per heavy atom. The van der Waals surface area contributed by atoms with Crippen molar-refractivity contribution in [3.8, 4) is 16.9 Å². The van der Waals surface area contributed by atoms with Crippen LogP contribution in [0.2, 0.25) is 0 Å². The second-order valence-electron chi connectivity index (χ2n) is 6.46. The summed E-state index contributed by atoms with van der Waals surface area (Å²) in [6.45, 7) is 0.510. The third-order valence-corrected chi connectivity index (χ3v) is 6.38. The van der Waals surface area contributed by atoms with Gasteiger partial charge < -0.3 is 19.7 Å². The fourth-order valence-corrected chi connectivity index (χ4v) is 4.88. The second kappa shape index (κ2) is 8.75. The van der Waals surface area contributed by atoms with Crippen molar-refractivity contribution in [2.75, 3.05) is 7.11 Å². The van der Waals surface area contributed by atoms with Gasteiger partial charge in [0.1, 0.15) is 23.1 Å². The van der Waals surface area contributed by atoms with E-state index in [4.69, 9.17) is 19.7 Å². The Balaban J connectivity index is 1.57. The summed E-state index contributed by atoms with van der Waals surface area (Å²) in [6.07, 6.45) is -1.61. The van der Waals surface area contributed by atoms with Crippen LogP contribution in [0.25, 0.3) is 21.2 Å². The number of halogens is 2. The van der Waals surface area contributed by atoms with Gasteiger partial charge in [-0.2, -0.15) is 0 Å². The van der Waals surface area contributed by atoms with Crippen molar-refractivity contribution in [2.24, 2.45) is 0 Å². The van der Waals surface area contributed by atoms with Gasteiger partial charge in [-0.3, -0.25) is 0 Å². The molecule has 4 rings (SSSR count).